The molecule has 0 unspecified atom stereocenters. The molecule has 5 nitrogen and oxygen atoms in total. The van der Waals surface area contributed by atoms with Gasteiger partial charge in [0, 0.05) is 19.0 Å². The van der Waals surface area contributed by atoms with Crippen molar-refractivity contribution in [3.63, 3.8) is 0 Å². The molecule has 0 spiro atoms. The first-order chi connectivity index (χ1) is 11.1. The average molecular weight is 317 g/mol. The number of hydrogen-bond acceptors (Lipinski definition) is 3. The largest absolute Gasteiger partial charge is 0.354 e. The van der Waals surface area contributed by atoms with Gasteiger partial charge in [-0.15, -0.1) is 0 Å². The number of likely N-dealkylation sites (tertiary alicyclic amines) is 1. The Morgan fingerprint density at radius 2 is 1.78 bits per heavy atom. The molecule has 1 aromatic carbocycles. The zero-order valence-corrected chi connectivity index (χ0v) is 13.9. The van der Waals surface area contributed by atoms with Crippen LogP contribution in [0, 0.1) is 0 Å². The Morgan fingerprint density at radius 1 is 1.09 bits per heavy atom. The summed E-state index contributed by atoms with van der Waals surface area (Å²) >= 11 is 0. The number of rotatable bonds is 8. The molecule has 1 aliphatic heterocycles. The van der Waals surface area contributed by atoms with E-state index in [0.717, 1.165) is 19.5 Å². The van der Waals surface area contributed by atoms with Crippen LogP contribution in [-0.2, 0) is 16.0 Å². The van der Waals surface area contributed by atoms with Gasteiger partial charge >= 0.3 is 0 Å². The van der Waals surface area contributed by atoms with Crippen molar-refractivity contribution in [1.82, 2.24) is 15.5 Å². The highest BCUT2D eigenvalue weighted by Gasteiger charge is 2.20. The second kappa shape index (κ2) is 9.30. The molecule has 23 heavy (non-hydrogen) atoms. The summed E-state index contributed by atoms with van der Waals surface area (Å²) in [5.74, 6) is -0.189. The Kier molecular flexibility index (Phi) is 7.07. The monoisotopic (exact) mass is 317 g/mol. The fourth-order valence-electron chi connectivity index (χ4n) is 2.88. The van der Waals surface area contributed by atoms with E-state index in [0.29, 0.717) is 13.0 Å². The summed E-state index contributed by atoms with van der Waals surface area (Å²) in [6.45, 7) is 4.87. The fraction of sp³-hybridized carbons (Fsp3) is 0.556. The molecule has 1 aliphatic rings. The number of nitrogens with one attached hydrogen (secondary N) is 2. The number of benzene rings is 1. The van der Waals surface area contributed by atoms with E-state index in [2.05, 4.69) is 22.5 Å². The second-order valence-electron chi connectivity index (χ2n) is 6.16. The van der Waals surface area contributed by atoms with Gasteiger partial charge in [0.05, 0.1) is 6.54 Å². The van der Waals surface area contributed by atoms with E-state index in [-0.39, 0.29) is 24.4 Å². The Bertz CT molecular complexity index is 498. The van der Waals surface area contributed by atoms with Gasteiger partial charge in [-0.3, -0.25) is 9.59 Å². The molecule has 0 aliphatic carbocycles. The Hall–Kier alpha value is -1.88. The Balaban J connectivity index is 1.57. The smallest absolute Gasteiger partial charge is 0.239 e. The van der Waals surface area contributed by atoms with Gasteiger partial charge in [-0.2, -0.15) is 0 Å². The molecule has 5 heteroatoms. The first-order valence-corrected chi connectivity index (χ1v) is 8.46. The molecule has 1 aromatic rings. The van der Waals surface area contributed by atoms with Crippen LogP contribution < -0.4 is 10.6 Å². The van der Waals surface area contributed by atoms with E-state index in [1.165, 1.54) is 18.4 Å². The Labute approximate surface area is 138 Å². The lowest BCUT2D eigenvalue weighted by Crippen LogP contribution is -2.40. The maximum Gasteiger partial charge on any atom is 0.239 e. The van der Waals surface area contributed by atoms with Crippen LogP contribution in [0.2, 0.25) is 0 Å². The zero-order valence-electron chi connectivity index (χ0n) is 13.9. The standard InChI is InChI=1S/C18H27N3O2/c1-15(21-11-5-6-12-21)13-17(22)20-14-18(23)19-10-9-16-7-3-2-4-8-16/h2-4,7-8,15H,5-6,9-14H2,1H3,(H,19,23)(H,20,22)/t15-/m1/s1. The van der Waals surface area contributed by atoms with Crippen molar-refractivity contribution in [3.05, 3.63) is 35.9 Å². The predicted molar refractivity (Wildman–Crippen MR) is 91.1 cm³/mol. The van der Waals surface area contributed by atoms with E-state index in [9.17, 15) is 9.59 Å². The number of amides is 2. The van der Waals surface area contributed by atoms with E-state index in [4.69, 9.17) is 0 Å². The quantitative estimate of drug-likeness (QED) is 0.760. The molecule has 0 radical (unpaired) electrons. The van der Waals surface area contributed by atoms with Gasteiger partial charge in [0.25, 0.3) is 0 Å². The SMILES string of the molecule is C[C@H](CC(=O)NCC(=O)NCCc1ccccc1)N1CCCC1. The topological polar surface area (TPSA) is 61.4 Å². The van der Waals surface area contributed by atoms with Crippen molar-refractivity contribution in [1.29, 1.82) is 0 Å². The van der Waals surface area contributed by atoms with Crippen LogP contribution in [0.15, 0.2) is 30.3 Å². The number of carbonyl (C=O) groups is 2. The summed E-state index contributed by atoms with van der Waals surface area (Å²) in [5.41, 5.74) is 1.19. The summed E-state index contributed by atoms with van der Waals surface area (Å²) in [6.07, 6.45) is 3.69. The van der Waals surface area contributed by atoms with Crippen molar-refractivity contribution < 1.29 is 9.59 Å². The first kappa shape index (κ1) is 17.5. The molecule has 2 rings (SSSR count). The van der Waals surface area contributed by atoms with Gasteiger partial charge in [-0.05, 0) is 44.8 Å². The van der Waals surface area contributed by atoms with Gasteiger partial charge < -0.3 is 15.5 Å². The maximum atomic E-state index is 11.9. The number of carbonyl (C=O) groups excluding carboxylic acids is 2. The lowest BCUT2D eigenvalue weighted by Gasteiger charge is -2.22. The van der Waals surface area contributed by atoms with E-state index in [1.54, 1.807) is 0 Å². The summed E-state index contributed by atoms with van der Waals surface area (Å²) in [4.78, 5) is 26.0. The third-order valence-corrected chi connectivity index (χ3v) is 4.27. The third-order valence-electron chi connectivity index (χ3n) is 4.27. The second-order valence-corrected chi connectivity index (χ2v) is 6.16. The third kappa shape index (κ3) is 6.40. The van der Waals surface area contributed by atoms with Gasteiger partial charge in [0.1, 0.15) is 0 Å². The van der Waals surface area contributed by atoms with Gasteiger partial charge in [-0.25, -0.2) is 0 Å². The first-order valence-electron chi connectivity index (χ1n) is 8.46. The number of hydrogen-bond donors (Lipinski definition) is 2. The number of nitrogens with zero attached hydrogens (tertiary/aromatic N) is 1. The van der Waals surface area contributed by atoms with E-state index < -0.39 is 0 Å². The molecular formula is C18H27N3O2. The van der Waals surface area contributed by atoms with Crippen LogP contribution in [0.1, 0.15) is 31.7 Å². The average Bonchev–Trinajstić information content (AvgIpc) is 3.08. The van der Waals surface area contributed by atoms with Gasteiger partial charge in [-0.1, -0.05) is 30.3 Å². The molecule has 0 aromatic heterocycles. The van der Waals surface area contributed by atoms with Crippen LogP contribution in [-0.4, -0.2) is 48.9 Å². The van der Waals surface area contributed by atoms with Crippen LogP contribution in [0.5, 0.6) is 0 Å². The molecule has 2 N–H and O–H groups in total. The predicted octanol–water partition coefficient (Wildman–Crippen LogP) is 1.34. The van der Waals surface area contributed by atoms with Crippen molar-refractivity contribution in [2.45, 2.75) is 38.6 Å². The van der Waals surface area contributed by atoms with Crippen molar-refractivity contribution >= 4 is 11.8 Å². The van der Waals surface area contributed by atoms with Crippen molar-refractivity contribution in [2.24, 2.45) is 0 Å². The van der Waals surface area contributed by atoms with Gasteiger partial charge in [0.2, 0.25) is 11.8 Å². The lowest BCUT2D eigenvalue weighted by atomic mass is 10.1. The molecular weight excluding hydrogens is 290 g/mol. The summed E-state index contributed by atoms with van der Waals surface area (Å²) in [7, 11) is 0. The van der Waals surface area contributed by atoms with Crippen LogP contribution in [0.4, 0.5) is 0 Å². The normalized spacial score (nSPS) is 16.0. The molecule has 126 valence electrons. The fourth-order valence-corrected chi connectivity index (χ4v) is 2.88. The van der Waals surface area contributed by atoms with Crippen LogP contribution in [0.25, 0.3) is 0 Å². The highest BCUT2D eigenvalue weighted by Crippen LogP contribution is 2.13. The zero-order chi connectivity index (χ0) is 16.5. The van der Waals surface area contributed by atoms with Gasteiger partial charge in [0.15, 0.2) is 0 Å². The van der Waals surface area contributed by atoms with Crippen LogP contribution >= 0.6 is 0 Å². The molecule has 2 amide bonds. The minimum absolute atomic E-state index is 0.0531. The maximum absolute atomic E-state index is 11.9. The molecule has 0 saturated carbocycles. The van der Waals surface area contributed by atoms with E-state index >= 15 is 0 Å². The molecule has 1 saturated heterocycles. The molecule has 0 bridgehead atoms. The summed E-state index contributed by atoms with van der Waals surface area (Å²) in [5, 5.41) is 5.54. The minimum atomic E-state index is -0.136. The van der Waals surface area contributed by atoms with Crippen molar-refractivity contribution in [3.8, 4) is 0 Å². The lowest BCUT2D eigenvalue weighted by molar-refractivity contribution is -0.126. The molecule has 1 atom stereocenters. The highest BCUT2D eigenvalue weighted by molar-refractivity contribution is 5.84. The highest BCUT2D eigenvalue weighted by atomic mass is 16.2. The van der Waals surface area contributed by atoms with Crippen LogP contribution in [0.3, 0.4) is 0 Å². The summed E-state index contributed by atoms with van der Waals surface area (Å²) < 4.78 is 0. The summed E-state index contributed by atoms with van der Waals surface area (Å²) in [6, 6.07) is 10.3. The molecule has 1 heterocycles. The Morgan fingerprint density at radius 3 is 2.48 bits per heavy atom. The van der Waals surface area contributed by atoms with E-state index in [1.807, 2.05) is 30.3 Å². The molecule has 1 fully saturated rings. The van der Waals surface area contributed by atoms with Crippen molar-refractivity contribution in [2.75, 3.05) is 26.2 Å². The minimum Gasteiger partial charge on any atom is -0.354 e.